The summed E-state index contributed by atoms with van der Waals surface area (Å²) in [5.74, 6) is -2.45. The third kappa shape index (κ3) is 2.62. The molecule has 7 heteroatoms. The molecule has 0 atom stereocenters. The molecule has 0 unspecified atom stereocenters. The average Bonchev–Trinajstić information content (AvgIpc) is 2.95. The number of rotatable bonds is 3. The molecule has 2 aliphatic heterocycles. The minimum Gasteiger partial charge on any atom is -0.292 e. The molecular formula is C17H16N2O5. The Balaban J connectivity index is 2.03. The fourth-order valence-electron chi connectivity index (χ4n) is 3.25. The summed E-state index contributed by atoms with van der Waals surface area (Å²) < 4.78 is 0. The Bertz CT molecular complexity index is 749. The first kappa shape index (κ1) is 16.0. The summed E-state index contributed by atoms with van der Waals surface area (Å²) in [7, 11) is 0. The molecule has 3 aliphatic rings. The zero-order chi connectivity index (χ0) is 17.6. The highest BCUT2D eigenvalue weighted by Gasteiger charge is 2.41. The lowest BCUT2D eigenvalue weighted by molar-refractivity contribution is -0.138. The van der Waals surface area contributed by atoms with E-state index in [0.29, 0.717) is 12.0 Å². The van der Waals surface area contributed by atoms with Gasteiger partial charge in [0.15, 0.2) is 5.78 Å². The number of nitrogens with zero attached hydrogens (tertiary/aromatic N) is 2. The fourth-order valence-corrected chi connectivity index (χ4v) is 3.25. The van der Waals surface area contributed by atoms with Gasteiger partial charge in [-0.15, -0.1) is 0 Å². The Morgan fingerprint density at radius 3 is 1.88 bits per heavy atom. The highest BCUT2D eigenvalue weighted by Crippen LogP contribution is 2.39. The Kier molecular flexibility index (Phi) is 3.59. The summed E-state index contributed by atoms with van der Waals surface area (Å²) >= 11 is 0. The number of allylic oxidation sites excluding steroid dienone is 1. The van der Waals surface area contributed by atoms with E-state index >= 15 is 0 Å². The normalized spacial score (nSPS) is 23.3. The molecule has 2 heterocycles. The van der Waals surface area contributed by atoms with Gasteiger partial charge in [0.1, 0.15) is 0 Å². The van der Waals surface area contributed by atoms with Crippen LogP contribution in [0.1, 0.15) is 26.7 Å². The van der Waals surface area contributed by atoms with Crippen molar-refractivity contribution in [1.82, 2.24) is 9.80 Å². The number of hydrogen-bond acceptors (Lipinski definition) is 5. The van der Waals surface area contributed by atoms with Crippen LogP contribution in [0.15, 0.2) is 35.6 Å². The van der Waals surface area contributed by atoms with Gasteiger partial charge >= 0.3 is 0 Å². The predicted octanol–water partition coefficient (Wildman–Crippen LogP) is 0.480. The van der Waals surface area contributed by atoms with Gasteiger partial charge in [0, 0.05) is 30.7 Å². The summed E-state index contributed by atoms with van der Waals surface area (Å²) in [4.78, 5) is 62.0. The highest BCUT2D eigenvalue weighted by atomic mass is 16.2. The van der Waals surface area contributed by atoms with Gasteiger partial charge in [0.25, 0.3) is 23.6 Å². The van der Waals surface area contributed by atoms with Gasteiger partial charge in [-0.1, -0.05) is 13.8 Å². The van der Waals surface area contributed by atoms with Gasteiger partial charge < -0.3 is 0 Å². The van der Waals surface area contributed by atoms with Gasteiger partial charge in [-0.3, -0.25) is 28.9 Å². The van der Waals surface area contributed by atoms with Crippen LogP contribution in [0.5, 0.6) is 0 Å². The summed E-state index contributed by atoms with van der Waals surface area (Å²) in [6.07, 6.45) is 5.12. The Morgan fingerprint density at radius 2 is 1.33 bits per heavy atom. The first-order valence-corrected chi connectivity index (χ1v) is 7.54. The summed E-state index contributed by atoms with van der Waals surface area (Å²) in [6, 6.07) is 0. The predicted molar refractivity (Wildman–Crippen MR) is 81.9 cm³/mol. The van der Waals surface area contributed by atoms with Gasteiger partial charge in [-0.25, -0.2) is 4.90 Å². The molecule has 0 saturated heterocycles. The molecule has 4 amide bonds. The quantitative estimate of drug-likeness (QED) is 0.703. The highest BCUT2D eigenvalue weighted by molar-refractivity contribution is 6.19. The summed E-state index contributed by atoms with van der Waals surface area (Å²) in [5.41, 5.74) is 0.0721. The molecule has 0 spiro atoms. The lowest BCUT2D eigenvalue weighted by atomic mass is 9.75. The van der Waals surface area contributed by atoms with Crippen molar-refractivity contribution in [1.29, 1.82) is 0 Å². The lowest BCUT2D eigenvalue weighted by Crippen LogP contribution is -2.42. The monoisotopic (exact) mass is 328 g/mol. The maximum absolute atomic E-state index is 12.6. The number of Topliss-reactive ketones (excluding diaryl/α,β-unsaturated/α-hetero) is 1. The van der Waals surface area contributed by atoms with Gasteiger partial charge in [-0.05, 0) is 17.4 Å². The second-order valence-corrected chi connectivity index (χ2v) is 6.83. The number of hydrogen-bond donors (Lipinski definition) is 0. The molecule has 1 aliphatic carbocycles. The number of carbonyl (C=O) groups is 5. The number of imide groups is 2. The maximum Gasteiger partial charge on any atom is 0.258 e. The zero-order valence-corrected chi connectivity index (χ0v) is 13.4. The molecule has 0 aromatic carbocycles. The summed E-state index contributed by atoms with van der Waals surface area (Å²) in [6.45, 7) is 3.67. The molecule has 0 aromatic rings. The van der Waals surface area contributed by atoms with E-state index in [9.17, 15) is 24.0 Å². The van der Waals surface area contributed by atoms with E-state index in [0.717, 1.165) is 34.1 Å². The molecule has 0 saturated carbocycles. The Hall–Kier alpha value is -2.83. The molecule has 0 N–H and O–H groups in total. The third-order valence-electron chi connectivity index (χ3n) is 4.21. The second-order valence-electron chi connectivity index (χ2n) is 6.83. The van der Waals surface area contributed by atoms with Crippen LogP contribution in [0.25, 0.3) is 0 Å². The van der Waals surface area contributed by atoms with Crippen LogP contribution in [-0.2, 0) is 24.0 Å². The zero-order valence-electron chi connectivity index (χ0n) is 13.4. The Morgan fingerprint density at radius 1 is 0.833 bits per heavy atom. The van der Waals surface area contributed by atoms with Crippen molar-refractivity contribution in [3.8, 4) is 0 Å². The number of ketones is 1. The average molecular weight is 328 g/mol. The van der Waals surface area contributed by atoms with Gasteiger partial charge in [0.05, 0.1) is 12.2 Å². The largest absolute Gasteiger partial charge is 0.292 e. The minimum absolute atomic E-state index is 0.00169. The van der Waals surface area contributed by atoms with Gasteiger partial charge in [-0.2, -0.15) is 0 Å². The van der Waals surface area contributed by atoms with E-state index in [-0.39, 0.29) is 29.9 Å². The third-order valence-corrected chi connectivity index (χ3v) is 4.21. The molecule has 0 aromatic heterocycles. The maximum atomic E-state index is 12.6. The molecule has 0 fully saturated rings. The van der Waals surface area contributed by atoms with Gasteiger partial charge in [0.2, 0.25) is 0 Å². The van der Waals surface area contributed by atoms with Crippen LogP contribution in [-0.4, -0.2) is 45.8 Å². The van der Waals surface area contributed by atoms with Crippen LogP contribution in [0.3, 0.4) is 0 Å². The van der Waals surface area contributed by atoms with E-state index in [4.69, 9.17) is 0 Å². The Labute approximate surface area is 138 Å². The van der Waals surface area contributed by atoms with E-state index in [2.05, 4.69) is 0 Å². The van der Waals surface area contributed by atoms with Crippen LogP contribution in [0.2, 0.25) is 0 Å². The molecule has 7 nitrogen and oxygen atoms in total. The first-order valence-electron chi connectivity index (χ1n) is 7.54. The van der Waals surface area contributed by atoms with E-state index in [1.54, 1.807) is 0 Å². The van der Waals surface area contributed by atoms with E-state index in [1.807, 2.05) is 13.8 Å². The molecule has 124 valence electrons. The molecule has 0 bridgehead atoms. The van der Waals surface area contributed by atoms with Crippen molar-refractivity contribution >= 4 is 29.4 Å². The van der Waals surface area contributed by atoms with Crippen molar-refractivity contribution in [2.45, 2.75) is 26.7 Å². The fraction of sp³-hybridized carbons (Fsp3) is 0.353. The topological polar surface area (TPSA) is 91.8 Å². The van der Waals surface area contributed by atoms with E-state index < -0.39 is 23.6 Å². The standard InChI is InChI=1S/C17H16N2O5/c1-17(2)7-10(9-18-12(21)3-4-13(18)22)16(11(20)8-17)19-14(23)5-6-15(19)24/h3-6H,7-9H2,1-2H3. The van der Waals surface area contributed by atoms with Crippen molar-refractivity contribution in [3.63, 3.8) is 0 Å². The van der Waals surface area contributed by atoms with Crippen molar-refractivity contribution in [3.05, 3.63) is 35.6 Å². The number of amides is 4. The van der Waals surface area contributed by atoms with Crippen LogP contribution in [0, 0.1) is 5.41 Å². The molecule has 0 radical (unpaired) electrons. The minimum atomic E-state index is -0.585. The van der Waals surface area contributed by atoms with Crippen LogP contribution >= 0.6 is 0 Å². The van der Waals surface area contributed by atoms with Crippen LogP contribution in [0.4, 0.5) is 0 Å². The molecule has 3 rings (SSSR count). The SMILES string of the molecule is CC1(C)CC(=O)C(N2C(=O)C=CC2=O)=C(CN2C(=O)C=CC2=O)C1. The lowest BCUT2D eigenvalue weighted by Gasteiger charge is -2.35. The van der Waals surface area contributed by atoms with Crippen molar-refractivity contribution in [2.75, 3.05) is 6.54 Å². The smallest absolute Gasteiger partial charge is 0.258 e. The van der Waals surface area contributed by atoms with Crippen LogP contribution < -0.4 is 0 Å². The van der Waals surface area contributed by atoms with Crippen molar-refractivity contribution < 1.29 is 24.0 Å². The van der Waals surface area contributed by atoms with E-state index in [1.165, 1.54) is 0 Å². The number of carbonyl (C=O) groups excluding carboxylic acids is 5. The first-order chi connectivity index (χ1) is 11.2. The molecule has 24 heavy (non-hydrogen) atoms. The second kappa shape index (κ2) is 5.36. The molecular weight excluding hydrogens is 312 g/mol. The van der Waals surface area contributed by atoms with Crippen molar-refractivity contribution in [2.24, 2.45) is 5.41 Å². The summed E-state index contributed by atoms with van der Waals surface area (Å²) in [5, 5.41) is 0.